The van der Waals surface area contributed by atoms with Crippen LogP contribution in [-0.4, -0.2) is 30.6 Å². The third-order valence-electron chi connectivity index (χ3n) is 4.06. The molecule has 1 N–H and O–H groups in total. The van der Waals surface area contributed by atoms with E-state index in [9.17, 15) is 5.11 Å². The van der Waals surface area contributed by atoms with Gasteiger partial charge in [0.1, 0.15) is 5.60 Å². The smallest absolute Gasteiger partial charge is 0.118 e. The largest absolute Gasteiger partial charge is 0.380 e. The van der Waals surface area contributed by atoms with Gasteiger partial charge >= 0.3 is 0 Å². The van der Waals surface area contributed by atoms with Crippen molar-refractivity contribution in [2.45, 2.75) is 19.4 Å². The summed E-state index contributed by atoms with van der Waals surface area (Å²) in [6.45, 7) is 4.99. The molecule has 0 radical (unpaired) electrons. The van der Waals surface area contributed by atoms with Gasteiger partial charge in [0.2, 0.25) is 0 Å². The van der Waals surface area contributed by atoms with Crippen LogP contribution >= 0.6 is 0 Å². The molecular weight excluding hydrogens is 258 g/mol. The summed E-state index contributed by atoms with van der Waals surface area (Å²) in [5.74, 6) is 0.0811. The average molecular weight is 283 g/mol. The first-order chi connectivity index (χ1) is 9.94. The quantitative estimate of drug-likeness (QED) is 0.909. The van der Waals surface area contributed by atoms with Gasteiger partial charge in [-0.1, -0.05) is 67.1 Å². The van der Waals surface area contributed by atoms with Crippen LogP contribution in [0.15, 0.2) is 54.6 Å². The predicted octanol–water partition coefficient (Wildman–Crippen LogP) is 3.43. The number of rotatable bonds is 5. The number of aliphatic hydroxyl groups is 1. The van der Waals surface area contributed by atoms with Crippen LogP contribution in [0.3, 0.4) is 0 Å². The van der Waals surface area contributed by atoms with Gasteiger partial charge in [0, 0.05) is 12.5 Å². The molecule has 112 valence electrons. The molecule has 0 amide bonds. The third-order valence-corrected chi connectivity index (χ3v) is 4.06. The van der Waals surface area contributed by atoms with E-state index in [4.69, 9.17) is 0 Å². The molecule has 2 atom stereocenters. The fraction of sp³-hybridized carbons (Fsp3) is 0.368. The van der Waals surface area contributed by atoms with Crippen LogP contribution < -0.4 is 0 Å². The minimum absolute atomic E-state index is 0.0811. The molecule has 0 fully saturated rings. The van der Waals surface area contributed by atoms with Gasteiger partial charge in [0.25, 0.3) is 0 Å². The Kier molecular flexibility index (Phi) is 4.81. The summed E-state index contributed by atoms with van der Waals surface area (Å²) in [6, 6.07) is 18.2. The van der Waals surface area contributed by atoms with Gasteiger partial charge in [-0.25, -0.2) is 0 Å². The van der Waals surface area contributed by atoms with E-state index in [1.165, 1.54) is 5.56 Å². The molecule has 2 heteroatoms. The molecule has 0 unspecified atom stereocenters. The van der Waals surface area contributed by atoms with Crippen molar-refractivity contribution in [3.05, 3.63) is 71.3 Å². The first-order valence-electron chi connectivity index (χ1n) is 7.44. The summed E-state index contributed by atoms with van der Waals surface area (Å²) in [7, 11) is 4.08. The lowest BCUT2D eigenvalue weighted by Crippen LogP contribution is -2.40. The van der Waals surface area contributed by atoms with Crippen LogP contribution in [-0.2, 0) is 5.60 Å². The van der Waals surface area contributed by atoms with E-state index < -0.39 is 5.60 Å². The van der Waals surface area contributed by atoms with Crippen molar-refractivity contribution in [3.63, 3.8) is 0 Å². The third kappa shape index (κ3) is 3.34. The highest BCUT2D eigenvalue weighted by molar-refractivity contribution is 5.38. The van der Waals surface area contributed by atoms with E-state index in [-0.39, 0.29) is 5.92 Å². The fourth-order valence-corrected chi connectivity index (χ4v) is 2.92. The van der Waals surface area contributed by atoms with Crippen LogP contribution in [0.4, 0.5) is 0 Å². The van der Waals surface area contributed by atoms with Crippen molar-refractivity contribution in [1.29, 1.82) is 0 Å². The molecular formula is C19H25NO. The highest BCUT2D eigenvalue weighted by Gasteiger charge is 2.37. The Labute approximate surface area is 128 Å². The van der Waals surface area contributed by atoms with Crippen molar-refractivity contribution in [2.75, 3.05) is 20.6 Å². The fourth-order valence-electron chi connectivity index (χ4n) is 2.92. The second-order valence-electron chi connectivity index (χ2n) is 6.16. The van der Waals surface area contributed by atoms with Crippen LogP contribution in [0.2, 0.25) is 0 Å². The molecule has 0 spiro atoms. The van der Waals surface area contributed by atoms with Gasteiger partial charge in [0.15, 0.2) is 0 Å². The first-order valence-corrected chi connectivity index (χ1v) is 7.44. The number of hydrogen-bond donors (Lipinski definition) is 1. The maximum absolute atomic E-state index is 11.5. The Bertz CT molecular complexity index is 562. The standard InChI is InChI=1S/C19H25NO/c1-15-10-12-18(13-11-15)19(21,16(2)14-20(3)4)17-8-6-5-7-9-17/h5-13,16,21H,14H2,1-4H3/t16-,19-/m1/s1. The molecule has 0 aliphatic heterocycles. The van der Waals surface area contributed by atoms with Crippen molar-refractivity contribution in [1.82, 2.24) is 4.90 Å². The maximum Gasteiger partial charge on any atom is 0.118 e. The lowest BCUT2D eigenvalue weighted by molar-refractivity contribution is 0.0134. The van der Waals surface area contributed by atoms with Gasteiger partial charge in [-0.2, -0.15) is 0 Å². The van der Waals surface area contributed by atoms with Crippen LogP contribution in [0.1, 0.15) is 23.6 Å². The van der Waals surface area contributed by atoms with Crippen molar-refractivity contribution in [2.24, 2.45) is 5.92 Å². The van der Waals surface area contributed by atoms with Crippen molar-refractivity contribution in [3.8, 4) is 0 Å². The average Bonchev–Trinajstić information content (AvgIpc) is 2.47. The molecule has 2 rings (SSSR count). The second-order valence-corrected chi connectivity index (χ2v) is 6.16. The Morgan fingerprint density at radius 2 is 1.48 bits per heavy atom. The molecule has 0 aliphatic carbocycles. The van der Waals surface area contributed by atoms with Crippen molar-refractivity contribution >= 4 is 0 Å². The van der Waals surface area contributed by atoms with Gasteiger partial charge < -0.3 is 10.0 Å². The van der Waals surface area contributed by atoms with Crippen LogP contribution in [0.5, 0.6) is 0 Å². The lowest BCUT2D eigenvalue weighted by Gasteiger charge is -2.37. The Morgan fingerprint density at radius 1 is 0.952 bits per heavy atom. The molecule has 2 aromatic rings. The van der Waals surface area contributed by atoms with E-state index in [0.717, 1.165) is 17.7 Å². The SMILES string of the molecule is Cc1ccc([C@](O)(c2ccccc2)[C@H](C)CN(C)C)cc1. The molecule has 0 saturated carbocycles. The first kappa shape index (κ1) is 15.7. The highest BCUT2D eigenvalue weighted by Crippen LogP contribution is 2.37. The van der Waals surface area contributed by atoms with E-state index in [1.807, 2.05) is 56.6 Å². The zero-order chi connectivity index (χ0) is 15.5. The Morgan fingerprint density at radius 3 is 2.00 bits per heavy atom. The van der Waals surface area contributed by atoms with E-state index in [2.05, 4.69) is 30.9 Å². The van der Waals surface area contributed by atoms with Gasteiger partial charge in [-0.15, -0.1) is 0 Å². The number of benzene rings is 2. The zero-order valence-corrected chi connectivity index (χ0v) is 13.4. The summed E-state index contributed by atoms with van der Waals surface area (Å²) < 4.78 is 0. The predicted molar refractivity (Wildman–Crippen MR) is 88.3 cm³/mol. The molecule has 0 aromatic heterocycles. The summed E-state index contributed by atoms with van der Waals surface area (Å²) in [5, 5.41) is 11.5. The van der Waals surface area contributed by atoms with E-state index >= 15 is 0 Å². The Hall–Kier alpha value is -1.64. The van der Waals surface area contributed by atoms with Gasteiger partial charge in [-0.05, 0) is 32.1 Å². The Balaban J connectivity index is 2.50. The lowest BCUT2D eigenvalue weighted by atomic mass is 9.76. The van der Waals surface area contributed by atoms with Gasteiger partial charge in [-0.3, -0.25) is 0 Å². The van der Waals surface area contributed by atoms with Crippen LogP contribution in [0, 0.1) is 12.8 Å². The van der Waals surface area contributed by atoms with Crippen LogP contribution in [0.25, 0.3) is 0 Å². The molecule has 0 saturated heterocycles. The minimum Gasteiger partial charge on any atom is -0.380 e. The van der Waals surface area contributed by atoms with Gasteiger partial charge in [0.05, 0.1) is 0 Å². The summed E-state index contributed by atoms with van der Waals surface area (Å²) in [5.41, 5.74) is 2.13. The molecule has 2 nitrogen and oxygen atoms in total. The summed E-state index contributed by atoms with van der Waals surface area (Å²) in [6.07, 6.45) is 0. The molecule has 0 bridgehead atoms. The second kappa shape index (κ2) is 6.42. The highest BCUT2D eigenvalue weighted by atomic mass is 16.3. The topological polar surface area (TPSA) is 23.5 Å². The maximum atomic E-state index is 11.5. The summed E-state index contributed by atoms with van der Waals surface area (Å²) in [4.78, 5) is 2.12. The normalized spacial score (nSPS) is 15.7. The van der Waals surface area contributed by atoms with E-state index in [0.29, 0.717) is 0 Å². The number of aryl methyl sites for hydroxylation is 1. The van der Waals surface area contributed by atoms with Crippen molar-refractivity contribution < 1.29 is 5.11 Å². The number of hydrogen-bond acceptors (Lipinski definition) is 2. The number of nitrogens with zero attached hydrogens (tertiary/aromatic N) is 1. The molecule has 2 aromatic carbocycles. The summed E-state index contributed by atoms with van der Waals surface area (Å²) >= 11 is 0. The molecule has 21 heavy (non-hydrogen) atoms. The molecule has 0 aliphatic rings. The zero-order valence-electron chi connectivity index (χ0n) is 13.4. The van der Waals surface area contributed by atoms with E-state index in [1.54, 1.807) is 0 Å². The minimum atomic E-state index is -0.973. The molecule has 0 heterocycles. The monoisotopic (exact) mass is 283 g/mol.